The number of ether oxygens (including phenoxy) is 4. The van der Waals surface area contributed by atoms with Gasteiger partial charge in [0.15, 0.2) is 17.3 Å². The van der Waals surface area contributed by atoms with E-state index in [0.717, 1.165) is 24.8 Å². The average Bonchev–Trinajstić information content (AvgIpc) is 2.79. The summed E-state index contributed by atoms with van der Waals surface area (Å²) < 4.78 is 22.9. The Labute approximate surface area is 184 Å². The topological polar surface area (TPSA) is 54.0 Å². The first-order valence-electron chi connectivity index (χ1n) is 10.8. The maximum atomic E-state index is 13.2. The van der Waals surface area contributed by atoms with Crippen LogP contribution in [0, 0.1) is 19.8 Å². The Morgan fingerprint density at radius 3 is 2.58 bits per heavy atom. The molecule has 0 amide bonds. The third-order valence-corrected chi connectivity index (χ3v) is 6.38. The molecule has 31 heavy (non-hydrogen) atoms. The molecule has 0 N–H and O–H groups in total. The van der Waals surface area contributed by atoms with E-state index in [0.29, 0.717) is 23.7 Å². The zero-order chi connectivity index (χ0) is 22.0. The maximum Gasteiger partial charge on any atom is 0.173 e. The van der Waals surface area contributed by atoms with Crippen LogP contribution in [0.1, 0.15) is 41.5 Å². The molecule has 2 aromatic rings. The van der Waals surface area contributed by atoms with Gasteiger partial charge in [-0.2, -0.15) is 0 Å². The summed E-state index contributed by atoms with van der Waals surface area (Å²) in [6, 6.07) is 11.9. The molecule has 1 saturated carbocycles. The highest BCUT2D eigenvalue weighted by atomic mass is 16.5. The van der Waals surface area contributed by atoms with Gasteiger partial charge < -0.3 is 18.9 Å². The standard InChI is InChI=1S/C26H30O5/c1-16-5-6-17(2)19(11-16)14-30-20-8-9-21-24(13-20)31-15-22(26(21)27)18-7-10-23(28-3)25(12-18)29-4/h5-7,10-12,15,20-21,24H,8-9,13-14H2,1-4H3. The Bertz CT molecular complexity index is 993. The van der Waals surface area contributed by atoms with Gasteiger partial charge in [0, 0.05) is 6.42 Å². The van der Waals surface area contributed by atoms with E-state index in [2.05, 4.69) is 32.0 Å². The van der Waals surface area contributed by atoms with Crippen LogP contribution in [0.4, 0.5) is 0 Å². The van der Waals surface area contributed by atoms with Gasteiger partial charge >= 0.3 is 0 Å². The number of benzene rings is 2. The molecule has 1 aliphatic heterocycles. The lowest BCUT2D eigenvalue weighted by atomic mass is 9.78. The van der Waals surface area contributed by atoms with Crippen molar-refractivity contribution in [3.63, 3.8) is 0 Å². The Kier molecular flexibility index (Phi) is 6.33. The van der Waals surface area contributed by atoms with Crippen molar-refractivity contribution in [1.29, 1.82) is 0 Å². The normalized spacial score (nSPS) is 22.9. The van der Waals surface area contributed by atoms with Crippen molar-refractivity contribution in [1.82, 2.24) is 0 Å². The molecule has 1 aliphatic carbocycles. The van der Waals surface area contributed by atoms with Crippen LogP contribution in [0.5, 0.6) is 11.5 Å². The summed E-state index contributed by atoms with van der Waals surface area (Å²) in [5, 5.41) is 0. The molecule has 1 heterocycles. The predicted molar refractivity (Wildman–Crippen MR) is 119 cm³/mol. The van der Waals surface area contributed by atoms with E-state index in [9.17, 15) is 4.79 Å². The molecule has 0 radical (unpaired) electrons. The van der Waals surface area contributed by atoms with Crippen LogP contribution in [0.25, 0.3) is 5.57 Å². The molecular weight excluding hydrogens is 392 g/mol. The smallest absolute Gasteiger partial charge is 0.173 e. The van der Waals surface area contributed by atoms with Gasteiger partial charge in [0.2, 0.25) is 0 Å². The number of carbonyl (C=O) groups excluding carboxylic acids is 1. The lowest BCUT2D eigenvalue weighted by molar-refractivity contribution is -0.128. The molecule has 0 saturated heterocycles. The number of Topliss-reactive ketones (excluding diaryl/α,β-unsaturated/α-hetero) is 1. The third-order valence-electron chi connectivity index (χ3n) is 6.38. The number of ketones is 1. The van der Waals surface area contributed by atoms with Crippen molar-refractivity contribution < 1.29 is 23.7 Å². The Morgan fingerprint density at radius 2 is 1.81 bits per heavy atom. The molecule has 1 fully saturated rings. The van der Waals surface area contributed by atoms with Gasteiger partial charge in [0.05, 0.1) is 44.7 Å². The van der Waals surface area contributed by atoms with E-state index in [-0.39, 0.29) is 23.9 Å². The van der Waals surface area contributed by atoms with Crippen molar-refractivity contribution in [3.8, 4) is 11.5 Å². The number of hydrogen-bond acceptors (Lipinski definition) is 5. The fourth-order valence-corrected chi connectivity index (χ4v) is 4.48. The van der Waals surface area contributed by atoms with Gasteiger partial charge in [0.1, 0.15) is 6.10 Å². The predicted octanol–water partition coefficient (Wildman–Crippen LogP) is 5.01. The molecule has 3 atom stereocenters. The van der Waals surface area contributed by atoms with Crippen molar-refractivity contribution in [2.75, 3.05) is 14.2 Å². The molecule has 4 rings (SSSR count). The number of carbonyl (C=O) groups is 1. The van der Waals surface area contributed by atoms with Gasteiger partial charge in [-0.1, -0.05) is 29.8 Å². The second kappa shape index (κ2) is 9.15. The highest BCUT2D eigenvalue weighted by molar-refractivity contribution is 6.22. The van der Waals surface area contributed by atoms with E-state index >= 15 is 0 Å². The lowest BCUT2D eigenvalue weighted by Gasteiger charge is -2.37. The van der Waals surface area contributed by atoms with Crippen LogP contribution in [-0.2, 0) is 20.9 Å². The first-order valence-corrected chi connectivity index (χ1v) is 10.8. The molecule has 2 aliphatic rings. The minimum atomic E-state index is -0.131. The van der Waals surface area contributed by atoms with Crippen LogP contribution in [0.15, 0.2) is 42.7 Å². The van der Waals surface area contributed by atoms with Gasteiger partial charge in [-0.05, 0) is 55.5 Å². The summed E-state index contributed by atoms with van der Waals surface area (Å²) in [5.41, 5.74) is 5.08. The summed E-state index contributed by atoms with van der Waals surface area (Å²) in [7, 11) is 3.18. The SMILES string of the molecule is COc1ccc(C2=COC3CC(OCc4cc(C)ccc4C)CCC3C2=O)cc1OC. The molecule has 0 aromatic heterocycles. The zero-order valence-electron chi connectivity index (χ0n) is 18.6. The van der Waals surface area contributed by atoms with Gasteiger partial charge in [0.25, 0.3) is 0 Å². The Hall–Kier alpha value is -2.79. The van der Waals surface area contributed by atoms with Crippen LogP contribution < -0.4 is 9.47 Å². The second-order valence-corrected chi connectivity index (χ2v) is 8.42. The summed E-state index contributed by atoms with van der Waals surface area (Å²) >= 11 is 0. The minimum absolute atomic E-state index is 0.102. The van der Waals surface area contributed by atoms with Crippen molar-refractivity contribution in [2.45, 2.75) is 51.9 Å². The number of fused-ring (bicyclic) bond motifs is 1. The molecule has 5 heteroatoms. The molecule has 5 nitrogen and oxygen atoms in total. The average molecular weight is 423 g/mol. The quantitative estimate of drug-likeness (QED) is 0.655. The van der Waals surface area contributed by atoms with E-state index in [4.69, 9.17) is 18.9 Å². The largest absolute Gasteiger partial charge is 0.496 e. The maximum absolute atomic E-state index is 13.2. The summed E-state index contributed by atoms with van der Waals surface area (Å²) in [4.78, 5) is 13.2. The Balaban J connectivity index is 1.43. The van der Waals surface area contributed by atoms with Crippen molar-refractivity contribution >= 4 is 11.4 Å². The first-order chi connectivity index (χ1) is 15.0. The van der Waals surface area contributed by atoms with Crippen LogP contribution in [0.2, 0.25) is 0 Å². The lowest BCUT2D eigenvalue weighted by Crippen LogP contribution is -2.41. The summed E-state index contributed by atoms with van der Waals surface area (Å²) in [6.07, 6.45) is 3.94. The monoisotopic (exact) mass is 422 g/mol. The molecule has 0 spiro atoms. The molecule has 3 unspecified atom stereocenters. The fourth-order valence-electron chi connectivity index (χ4n) is 4.48. The Morgan fingerprint density at radius 1 is 1.00 bits per heavy atom. The molecule has 164 valence electrons. The van der Waals surface area contributed by atoms with Crippen molar-refractivity contribution in [3.05, 3.63) is 64.9 Å². The number of aryl methyl sites for hydroxylation is 2. The molecule has 2 aromatic carbocycles. The highest BCUT2D eigenvalue weighted by Crippen LogP contribution is 2.39. The number of rotatable bonds is 6. The fraction of sp³-hybridized carbons (Fsp3) is 0.423. The van der Waals surface area contributed by atoms with Gasteiger partial charge in [-0.25, -0.2) is 0 Å². The minimum Gasteiger partial charge on any atom is -0.496 e. The summed E-state index contributed by atoms with van der Waals surface area (Å²) in [6.45, 7) is 4.80. The summed E-state index contributed by atoms with van der Waals surface area (Å²) in [5.74, 6) is 1.24. The van der Waals surface area contributed by atoms with E-state index in [1.54, 1.807) is 20.5 Å². The second-order valence-electron chi connectivity index (χ2n) is 8.42. The van der Waals surface area contributed by atoms with Crippen LogP contribution in [-0.4, -0.2) is 32.2 Å². The number of methoxy groups -OCH3 is 2. The highest BCUT2D eigenvalue weighted by Gasteiger charge is 2.40. The van der Waals surface area contributed by atoms with Gasteiger partial charge in [-0.15, -0.1) is 0 Å². The number of allylic oxidation sites excluding steroid dienone is 1. The molecule has 0 bridgehead atoms. The van der Waals surface area contributed by atoms with E-state index < -0.39 is 0 Å². The van der Waals surface area contributed by atoms with E-state index in [1.807, 2.05) is 18.2 Å². The third kappa shape index (κ3) is 4.47. The van der Waals surface area contributed by atoms with Crippen LogP contribution in [0.3, 0.4) is 0 Å². The van der Waals surface area contributed by atoms with Gasteiger partial charge in [-0.3, -0.25) is 4.79 Å². The first kappa shape index (κ1) is 21.4. The van der Waals surface area contributed by atoms with Crippen LogP contribution >= 0.6 is 0 Å². The number of hydrogen-bond donors (Lipinski definition) is 0. The molecular formula is C26H30O5. The van der Waals surface area contributed by atoms with E-state index in [1.165, 1.54) is 16.7 Å². The van der Waals surface area contributed by atoms with Crippen molar-refractivity contribution in [2.24, 2.45) is 5.92 Å². The zero-order valence-corrected chi connectivity index (χ0v) is 18.6.